The lowest BCUT2D eigenvalue weighted by molar-refractivity contribution is 0.177. The molecule has 0 spiro atoms. The molecule has 1 nitrogen and oxygen atoms in total. The van der Waals surface area contributed by atoms with Gasteiger partial charge in [-0.25, -0.2) is 0 Å². The lowest BCUT2D eigenvalue weighted by Crippen LogP contribution is -2.39. The molecule has 1 aromatic rings. The SMILES string of the molecule is CC1CCC(C(N)C(C)c2ccccc2)CC1C. The molecule has 2 rings (SSSR count). The predicted octanol–water partition coefficient (Wildman–Crippen LogP) is 4.19. The number of hydrogen-bond donors (Lipinski definition) is 1. The van der Waals surface area contributed by atoms with Crippen molar-refractivity contribution in [1.82, 2.24) is 0 Å². The molecule has 1 aromatic carbocycles. The smallest absolute Gasteiger partial charge is 0.0134 e. The molecule has 1 aliphatic rings. The molecule has 1 saturated carbocycles. The van der Waals surface area contributed by atoms with Crippen LogP contribution in [0.4, 0.5) is 0 Å². The van der Waals surface area contributed by atoms with Crippen molar-refractivity contribution in [1.29, 1.82) is 0 Å². The summed E-state index contributed by atoms with van der Waals surface area (Å²) < 4.78 is 0. The average Bonchev–Trinajstić information content (AvgIpc) is 2.41. The van der Waals surface area contributed by atoms with Gasteiger partial charge in [0.15, 0.2) is 0 Å². The van der Waals surface area contributed by atoms with Gasteiger partial charge in [-0.2, -0.15) is 0 Å². The van der Waals surface area contributed by atoms with Crippen LogP contribution in [0.3, 0.4) is 0 Å². The second kappa shape index (κ2) is 5.88. The van der Waals surface area contributed by atoms with Crippen LogP contribution in [0.15, 0.2) is 30.3 Å². The van der Waals surface area contributed by atoms with E-state index in [1.807, 2.05) is 0 Å². The van der Waals surface area contributed by atoms with E-state index in [-0.39, 0.29) is 0 Å². The highest BCUT2D eigenvalue weighted by Gasteiger charge is 2.31. The van der Waals surface area contributed by atoms with Gasteiger partial charge in [0.25, 0.3) is 0 Å². The lowest BCUT2D eigenvalue weighted by atomic mass is 9.70. The molecule has 0 radical (unpaired) electrons. The molecule has 0 saturated heterocycles. The molecule has 100 valence electrons. The normalized spacial score (nSPS) is 31.9. The summed E-state index contributed by atoms with van der Waals surface area (Å²) in [6.07, 6.45) is 3.96. The maximum Gasteiger partial charge on any atom is 0.0134 e. The van der Waals surface area contributed by atoms with E-state index >= 15 is 0 Å². The minimum Gasteiger partial charge on any atom is -0.327 e. The van der Waals surface area contributed by atoms with Gasteiger partial charge in [-0.1, -0.05) is 57.5 Å². The summed E-state index contributed by atoms with van der Waals surface area (Å²) >= 11 is 0. The molecule has 0 aliphatic heterocycles. The summed E-state index contributed by atoms with van der Waals surface area (Å²) in [6.45, 7) is 7.05. The van der Waals surface area contributed by atoms with Crippen LogP contribution in [0, 0.1) is 17.8 Å². The Balaban J connectivity index is 2.01. The third-order valence-corrected chi connectivity index (χ3v) is 5.09. The minimum atomic E-state index is 0.308. The van der Waals surface area contributed by atoms with E-state index in [1.54, 1.807) is 0 Å². The molecule has 0 aromatic heterocycles. The summed E-state index contributed by atoms with van der Waals surface area (Å²) in [7, 11) is 0. The number of hydrogen-bond acceptors (Lipinski definition) is 1. The van der Waals surface area contributed by atoms with Gasteiger partial charge in [-0.05, 0) is 42.1 Å². The second-order valence-corrected chi connectivity index (χ2v) is 6.30. The fourth-order valence-electron chi connectivity index (χ4n) is 3.33. The highest BCUT2D eigenvalue weighted by molar-refractivity contribution is 5.20. The van der Waals surface area contributed by atoms with Gasteiger partial charge in [0.2, 0.25) is 0 Å². The van der Waals surface area contributed by atoms with Crippen molar-refractivity contribution in [3.63, 3.8) is 0 Å². The van der Waals surface area contributed by atoms with Crippen LogP contribution in [-0.4, -0.2) is 6.04 Å². The molecule has 1 aliphatic carbocycles. The van der Waals surface area contributed by atoms with Gasteiger partial charge in [0.05, 0.1) is 0 Å². The summed E-state index contributed by atoms with van der Waals surface area (Å²) in [5, 5.41) is 0. The molecule has 5 unspecified atom stereocenters. The first-order valence-electron chi connectivity index (χ1n) is 7.40. The molecule has 0 bridgehead atoms. The van der Waals surface area contributed by atoms with E-state index in [9.17, 15) is 0 Å². The molecule has 0 heterocycles. The van der Waals surface area contributed by atoms with E-state index in [2.05, 4.69) is 51.1 Å². The van der Waals surface area contributed by atoms with E-state index in [0.717, 1.165) is 11.8 Å². The van der Waals surface area contributed by atoms with E-state index < -0.39 is 0 Å². The lowest BCUT2D eigenvalue weighted by Gasteiger charge is -2.37. The summed E-state index contributed by atoms with van der Waals surface area (Å²) in [5.41, 5.74) is 7.92. The van der Waals surface area contributed by atoms with Crippen LogP contribution < -0.4 is 5.73 Å². The molecule has 1 heteroatoms. The van der Waals surface area contributed by atoms with Crippen LogP contribution in [0.5, 0.6) is 0 Å². The zero-order chi connectivity index (χ0) is 13.1. The largest absolute Gasteiger partial charge is 0.327 e. The fraction of sp³-hybridized carbons (Fsp3) is 0.647. The fourth-order valence-corrected chi connectivity index (χ4v) is 3.33. The van der Waals surface area contributed by atoms with Gasteiger partial charge >= 0.3 is 0 Å². The van der Waals surface area contributed by atoms with Crippen molar-refractivity contribution in [3.8, 4) is 0 Å². The van der Waals surface area contributed by atoms with Gasteiger partial charge in [-0.3, -0.25) is 0 Å². The molecule has 18 heavy (non-hydrogen) atoms. The second-order valence-electron chi connectivity index (χ2n) is 6.30. The zero-order valence-corrected chi connectivity index (χ0v) is 12.0. The Bertz CT molecular complexity index is 359. The number of benzene rings is 1. The summed E-state index contributed by atoms with van der Waals surface area (Å²) in [4.78, 5) is 0. The number of nitrogens with two attached hydrogens (primary N) is 1. The quantitative estimate of drug-likeness (QED) is 0.849. The van der Waals surface area contributed by atoms with Gasteiger partial charge < -0.3 is 5.73 Å². The van der Waals surface area contributed by atoms with Crippen molar-refractivity contribution in [2.75, 3.05) is 0 Å². The van der Waals surface area contributed by atoms with Crippen molar-refractivity contribution < 1.29 is 0 Å². The van der Waals surface area contributed by atoms with Crippen LogP contribution in [0.25, 0.3) is 0 Å². The maximum absolute atomic E-state index is 6.53. The molecular formula is C17H27N. The third-order valence-electron chi connectivity index (χ3n) is 5.09. The highest BCUT2D eigenvalue weighted by Crippen LogP contribution is 2.37. The Labute approximate surface area is 112 Å². The third kappa shape index (κ3) is 2.95. The first-order valence-corrected chi connectivity index (χ1v) is 7.40. The topological polar surface area (TPSA) is 26.0 Å². The zero-order valence-electron chi connectivity index (χ0n) is 12.0. The van der Waals surface area contributed by atoms with Gasteiger partial charge in [0, 0.05) is 6.04 Å². The highest BCUT2D eigenvalue weighted by atomic mass is 14.7. The van der Waals surface area contributed by atoms with Gasteiger partial charge in [0.1, 0.15) is 0 Å². The maximum atomic E-state index is 6.53. The van der Waals surface area contributed by atoms with Crippen LogP contribution in [0.2, 0.25) is 0 Å². The van der Waals surface area contributed by atoms with Crippen LogP contribution in [0.1, 0.15) is 51.5 Å². The summed E-state index contributed by atoms with van der Waals surface area (Å²) in [6, 6.07) is 11.0. The molecule has 5 atom stereocenters. The van der Waals surface area contributed by atoms with Gasteiger partial charge in [-0.15, -0.1) is 0 Å². The first kappa shape index (κ1) is 13.6. The van der Waals surface area contributed by atoms with Crippen molar-refractivity contribution in [2.45, 2.75) is 52.0 Å². The summed E-state index contributed by atoms with van der Waals surface area (Å²) in [5.74, 6) is 2.88. The average molecular weight is 245 g/mol. The van der Waals surface area contributed by atoms with E-state index in [0.29, 0.717) is 17.9 Å². The van der Waals surface area contributed by atoms with E-state index in [1.165, 1.54) is 24.8 Å². The molecular weight excluding hydrogens is 218 g/mol. The van der Waals surface area contributed by atoms with Crippen LogP contribution >= 0.6 is 0 Å². The monoisotopic (exact) mass is 245 g/mol. The van der Waals surface area contributed by atoms with Crippen molar-refractivity contribution in [2.24, 2.45) is 23.5 Å². The Morgan fingerprint density at radius 3 is 2.33 bits per heavy atom. The Kier molecular flexibility index (Phi) is 4.45. The van der Waals surface area contributed by atoms with E-state index in [4.69, 9.17) is 5.73 Å². The van der Waals surface area contributed by atoms with Crippen molar-refractivity contribution >= 4 is 0 Å². The molecule has 0 amide bonds. The van der Waals surface area contributed by atoms with Crippen LogP contribution in [-0.2, 0) is 0 Å². The standard InChI is InChI=1S/C17H27N/c1-12-9-10-16(11-13(12)2)17(18)14(3)15-7-5-4-6-8-15/h4-8,12-14,16-17H,9-11,18H2,1-3H3. The Morgan fingerprint density at radius 2 is 1.72 bits per heavy atom. The minimum absolute atomic E-state index is 0.308. The predicted molar refractivity (Wildman–Crippen MR) is 78.5 cm³/mol. The van der Waals surface area contributed by atoms with Crippen molar-refractivity contribution in [3.05, 3.63) is 35.9 Å². The number of rotatable bonds is 3. The molecule has 1 fully saturated rings. The Morgan fingerprint density at radius 1 is 1.06 bits per heavy atom. The Hall–Kier alpha value is -0.820. The molecule has 2 N–H and O–H groups in total. The first-order chi connectivity index (χ1) is 8.59.